The molecular weight excluding hydrogens is 754 g/mol. The zero-order valence-electron chi connectivity index (χ0n) is 19.1. The van der Waals surface area contributed by atoms with Gasteiger partial charge in [0.15, 0.2) is 16.7 Å². The van der Waals surface area contributed by atoms with E-state index in [1.807, 2.05) is 56.3 Å². The van der Waals surface area contributed by atoms with E-state index in [-0.39, 0.29) is 5.91 Å². The topological polar surface area (TPSA) is 59.9 Å². The second kappa shape index (κ2) is 11.7. The van der Waals surface area contributed by atoms with Crippen LogP contribution in [0.15, 0.2) is 62.9 Å². The van der Waals surface area contributed by atoms with Crippen molar-refractivity contribution in [3.8, 4) is 11.5 Å². The highest BCUT2D eigenvalue weighted by Crippen LogP contribution is 2.37. The Morgan fingerprint density at radius 1 is 1.09 bits per heavy atom. The van der Waals surface area contributed by atoms with Gasteiger partial charge in [0.25, 0.3) is 5.91 Å². The molecular formula is C26H21BrI2N2O3S. The van der Waals surface area contributed by atoms with E-state index in [9.17, 15) is 4.79 Å². The molecule has 1 aliphatic rings. The molecule has 0 bridgehead atoms. The Balaban J connectivity index is 1.54. The van der Waals surface area contributed by atoms with Gasteiger partial charge in [0, 0.05) is 8.04 Å². The molecule has 9 heteroatoms. The normalized spacial score (nSPS) is 15.5. The number of ether oxygens (including phenoxy) is 2. The van der Waals surface area contributed by atoms with Crippen molar-refractivity contribution < 1.29 is 14.3 Å². The first-order chi connectivity index (χ1) is 16.7. The molecule has 35 heavy (non-hydrogen) atoms. The summed E-state index contributed by atoms with van der Waals surface area (Å²) in [6, 6.07) is 16.0. The summed E-state index contributed by atoms with van der Waals surface area (Å²) >= 11 is 9.41. The number of hydrogen-bond donors (Lipinski definition) is 1. The molecule has 1 heterocycles. The van der Waals surface area contributed by atoms with Crippen molar-refractivity contribution in [2.75, 3.05) is 7.11 Å². The Morgan fingerprint density at radius 3 is 2.43 bits per heavy atom. The number of methoxy groups -OCH3 is 1. The van der Waals surface area contributed by atoms with Crippen LogP contribution >= 0.6 is 72.9 Å². The van der Waals surface area contributed by atoms with Crippen LogP contribution in [0.25, 0.3) is 6.08 Å². The van der Waals surface area contributed by atoms with Crippen LogP contribution in [-0.2, 0) is 11.4 Å². The van der Waals surface area contributed by atoms with Crippen LogP contribution in [0.3, 0.4) is 0 Å². The lowest BCUT2D eigenvalue weighted by molar-refractivity contribution is -0.115. The maximum absolute atomic E-state index is 12.6. The second-order valence-electron chi connectivity index (χ2n) is 7.82. The molecule has 1 aliphatic heterocycles. The fourth-order valence-corrected chi connectivity index (χ4v) is 5.65. The molecule has 1 amide bonds. The molecule has 1 saturated heterocycles. The van der Waals surface area contributed by atoms with E-state index in [0.717, 1.165) is 36.0 Å². The highest BCUT2D eigenvalue weighted by molar-refractivity contribution is 14.1. The third-order valence-electron chi connectivity index (χ3n) is 5.15. The third-order valence-corrected chi connectivity index (χ3v) is 8.83. The lowest BCUT2D eigenvalue weighted by Crippen LogP contribution is -2.19. The zero-order valence-corrected chi connectivity index (χ0v) is 25.8. The van der Waals surface area contributed by atoms with Gasteiger partial charge in [-0.15, -0.1) is 0 Å². The van der Waals surface area contributed by atoms with Gasteiger partial charge in [-0.1, -0.05) is 28.1 Å². The van der Waals surface area contributed by atoms with Gasteiger partial charge >= 0.3 is 0 Å². The number of amides is 1. The molecule has 0 aliphatic carbocycles. The maximum Gasteiger partial charge on any atom is 0.264 e. The van der Waals surface area contributed by atoms with E-state index in [1.165, 1.54) is 15.3 Å². The minimum Gasteiger partial charge on any atom is -0.493 e. The molecule has 3 aromatic rings. The minimum atomic E-state index is -0.174. The number of nitrogens with one attached hydrogen (secondary N) is 1. The van der Waals surface area contributed by atoms with Crippen molar-refractivity contribution >= 4 is 95.7 Å². The van der Waals surface area contributed by atoms with Crippen LogP contribution in [0.5, 0.6) is 11.5 Å². The summed E-state index contributed by atoms with van der Waals surface area (Å²) in [4.78, 5) is 17.8. The summed E-state index contributed by atoms with van der Waals surface area (Å²) in [5, 5.41) is 3.42. The number of benzene rings is 3. The summed E-state index contributed by atoms with van der Waals surface area (Å²) < 4.78 is 14.8. The van der Waals surface area contributed by atoms with Gasteiger partial charge in [0.2, 0.25) is 0 Å². The average molecular weight is 775 g/mol. The largest absolute Gasteiger partial charge is 0.493 e. The van der Waals surface area contributed by atoms with Gasteiger partial charge in [-0.25, -0.2) is 4.99 Å². The number of thioether (sulfide) groups is 1. The fourth-order valence-electron chi connectivity index (χ4n) is 3.44. The van der Waals surface area contributed by atoms with Crippen molar-refractivity contribution in [3.63, 3.8) is 0 Å². The number of rotatable bonds is 6. The van der Waals surface area contributed by atoms with Crippen molar-refractivity contribution in [3.05, 3.63) is 87.3 Å². The number of carbonyl (C=O) groups excluding carboxylic acids is 1. The number of aliphatic imine (C=N–C) groups is 1. The summed E-state index contributed by atoms with van der Waals surface area (Å²) in [6.07, 6.45) is 1.84. The predicted octanol–water partition coefficient (Wildman–Crippen LogP) is 7.75. The van der Waals surface area contributed by atoms with Gasteiger partial charge < -0.3 is 14.8 Å². The van der Waals surface area contributed by atoms with E-state index in [4.69, 9.17) is 9.47 Å². The van der Waals surface area contributed by atoms with E-state index in [2.05, 4.69) is 83.6 Å². The van der Waals surface area contributed by atoms with Crippen molar-refractivity contribution in [2.45, 2.75) is 20.5 Å². The quantitative estimate of drug-likeness (QED) is 0.206. The number of aryl methyl sites for hydroxylation is 2. The monoisotopic (exact) mass is 774 g/mol. The van der Waals surface area contributed by atoms with Crippen LogP contribution < -0.4 is 14.8 Å². The number of halogens is 3. The standard InChI is InChI=1S/C26H21BrI2N2O3S/c1-14-8-19(9-15(2)23(14)27)30-26-31-25(32)22(35-26)12-17-10-20(29)24(21(11-17)33-3)34-13-16-4-6-18(28)7-5-16/h4-12H,13H2,1-3H3,(H,30,31,32)/b22-12-. The van der Waals surface area contributed by atoms with Crippen LogP contribution in [-0.4, -0.2) is 18.2 Å². The molecule has 5 nitrogen and oxygen atoms in total. The fraction of sp³-hybridized carbons (Fsp3) is 0.154. The van der Waals surface area contributed by atoms with Crippen LogP contribution in [0.1, 0.15) is 22.3 Å². The molecule has 1 fully saturated rings. The molecule has 0 atom stereocenters. The Labute approximate surface area is 244 Å². The third kappa shape index (κ3) is 6.60. The lowest BCUT2D eigenvalue weighted by atomic mass is 10.1. The number of hydrogen-bond acceptors (Lipinski definition) is 5. The number of nitrogens with zero attached hydrogens (tertiary/aromatic N) is 1. The minimum absolute atomic E-state index is 0.174. The lowest BCUT2D eigenvalue weighted by Gasteiger charge is -2.14. The summed E-state index contributed by atoms with van der Waals surface area (Å²) in [5.41, 5.74) is 4.93. The maximum atomic E-state index is 12.6. The van der Waals surface area contributed by atoms with Crippen LogP contribution in [0.2, 0.25) is 0 Å². The molecule has 0 aromatic heterocycles. The van der Waals surface area contributed by atoms with E-state index < -0.39 is 0 Å². The Morgan fingerprint density at radius 2 is 1.77 bits per heavy atom. The molecule has 3 aromatic carbocycles. The summed E-state index contributed by atoms with van der Waals surface area (Å²) in [6.45, 7) is 4.49. The van der Waals surface area contributed by atoms with Gasteiger partial charge in [-0.3, -0.25) is 4.79 Å². The number of carbonyl (C=O) groups is 1. The summed E-state index contributed by atoms with van der Waals surface area (Å²) in [7, 11) is 1.62. The average Bonchev–Trinajstić information content (AvgIpc) is 3.15. The first-order valence-electron chi connectivity index (χ1n) is 10.5. The summed E-state index contributed by atoms with van der Waals surface area (Å²) in [5.74, 6) is 1.13. The highest BCUT2D eigenvalue weighted by atomic mass is 127. The first kappa shape index (κ1) is 26.5. The van der Waals surface area contributed by atoms with Gasteiger partial charge in [0.1, 0.15) is 6.61 Å². The van der Waals surface area contributed by atoms with Crippen molar-refractivity contribution in [1.82, 2.24) is 5.32 Å². The Bertz CT molecular complexity index is 1330. The Kier molecular flexibility index (Phi) is 8.82. The van der Waals surface area contributed by atoms with Crippen molar-refractivity contribution in [1.29, 1.82) is 0 Å². The Hall–Kier alpha value is -1.57. The van der Waals surface area contributed by atoms with Crippen molar-refractivity contribution in [2.24, 2.45) is 4.99 Å². The smallest absolute Gasteiger partial charge is 0.264 e. The molecule has 1 N–H and O–H groups in total. The van der Waals surface area contributed by atoms with Crippen LogP contribution in [0, 0.1) is 21.0 Å². The first-order valence-corrected chi connectivity index (χ1v) is 14.3. The molecule has 180 valence electrons. The van der Waals surface area contributed by atoms with Crippen LogP contribution in [0.4, 0.5) is 5.69 Å². The molecule has 0 saturated carbocycles. The molecule has 4 rings (SSSR count). The van der Waals surface area contributed by atoms with Gasteiger partial charge in [0.05, 0.1) is 21.3 Å². The van der Waals surface area contributed by atoms with Gasteiger partial charge in [-0.2, -0.15) is 0 Å². The zero-order chi connectivity index (χ0) is 25.1. The number of amidine groups is 1. The SMILES string of the molecule is COc1cc(/C=C2\SC(=Nc3cc(C)c(Br)c(C)c3)NC2=O)cc(I)c1OCc1ccc(I)cc1. The highest BCUT2D eigenvalue weighted by Gasteiger charge is 2.24. The molecule has 0 unspecified atom stereocenters. The second-order valence-corrected chi connectivity index (χ2v) is 12.1. The van der Waals surface area contributed by atoms with Gasteiger partial charge in [-0.05, 0) is 136 Å². The predicted molar refractivity (Wildman–Crippen MR) is 164 cm³/mol. The van der Waals surface area contributed by atoms with E-state index >= 15 is 0 Å². The molecule has 0 radical (unpaired) electrons. The molecule has 0 spiro atoms. The van der Waals surface area contributed by atoms with E-state index in [0.29, 0.717) is 28.2 Å². The van der Waals surface area contributed by atoms with E-state index in [1.54, 1.807) is 7.11 Å².